The first-order valence-electron chi connectivity index (χ1n) is 6.87. The first kappa shape index (κ1) is 13.6. The quantitative estimate of drug-likeness (QED) is 0.802. The monoisotopic (exact) mass is 282 g/mol. The van der Waals surface area contributed by atoms with Crippen LogP contribution < -0.4 is 10.5 Å². The molecular formula is C16H18N4O. The second kappa shape index (κ2) is 5.18. The van der Waals surface area contributed by atoms with Gasteiger partial charge in [0.15, 0.2) is 5.75 Å². The first-order chi connectivity index (χ1) is 10.1. The minimum Gasteiger partial charge on any atom is -0.453 e. The average Bonchev–Trinajstić information content (AvgIpc) is 2.73. The minimum atomic E-state index is 0.381. The molecule has 0 unspecified atom stereocenters. The van der Waals surface area contributed by atoms with Gasteiger partial charge in [0.2, 0.25) is 0 Å². The van der Waals surface area contributed by atoms with Crippen LogP contribution in [-0.2, 0) is 13.6 Å². The van der Waals surface area contributed by atoms with E-state index in [-0.39, 0.29) is 0 Å². The molecule has 21 heavy (non-hydrogen) atoms. The highest BCUT2D eigenvalue weighted by atomic mass is 16.5. The SMILES string of the molecule is Cc1nn(C)c(C)c1Oc1cc(CN)nc2ccccc12. The third-order valence-electron chi connectivity index (χ3n) is 3.60. The van der Waals surface area contributed by atoms with Crippen molar-refractivity contribution in [1.29, 1.82) is 0 Å². The predicted octanol–water partition coefficient (Wildman–Crippen LogP) is 2.84. The van der Waals surface area contributed by atoms with Crippen molar-refractivity contribution in [3.8, 4) is 11.5 Å². The summed E-state index contributed by atoms with van der Waals surface area (Å²) in [6.45, 7) is 4.31. The minimum absolute atomic E-state index is 0.381. The van der Waals surface area contributed by atoms with E-state index in [0.717, 1.165) is 39.5 Å². The number of aryl methyl sites for hydroxylation is 2. The molecule has 0 bridgehead atoms. The number of fused-ring (bicyclic) bond motifs is 1. The molecule has 0 radical (unpaired) electrons. The summed E-state index contributed by atoms with van der Waals surface area (Å²) in [5.74, 6) is 1.55. The second-order valence-electron chi connectivity index (χ2n) is 5.06. The van der Waals surface area contributed by atoms with E-state index in [9.17, 15) is 0 Å². The van der Waals surface area contributed by atoms with Gasteiger partial charge in [-0.05, 0) is 26.0 Å². The van der Waals surface area contributed by atoms with E-state index in [2.05, 4.69) is 10.1 Å². The van der Waals surface area contributed by atoms with Gasteiger partial charge in [-0.3, -0.25) is 9.67 Å². The van der Waals surface area contributed by atoms with Crippen molar-refractivity contribution < 1.29 is 4.74 Å². The maximum Gasteiger partial charge on any atom is 0.171 e. The molecule has 5 nitrogen and oxygen atoms in total. The summed E-state index contributed by atoms with van der Waals surface area (Å²) in [6.07, 6.45) is 0. The number of pyridine rings is 1. The summed E-state index contributed by atoms with van der Waals surface area (Å²) in [6, 6.07) is 9.79. The third kappa shape index (κ3) is 2.36. The van der Waals surface area contributed by atoms with E-state index in [1.54, 1.807) is 0 Å². The zero-order chi connectivity index (χ0) is 15.0. The normalized spacial score (nSPS) is 11.0. The fourth-order valence-corrected chi connectivity index (χ4v) is 2.40. The molecule has 0 saturated heterocycles. The lowest BCUT2D eigenvalue weighted by molar-refractivity contribution is 0.478. The molecule has 0 spiro atoms. The second-order valence-corrected chi connectivity index (χ2v) is 5.06. The molecule has 3 rings (SSSR count). The van der Waals surface area contributed by atoms with Crippen LogP contribution in [0.25, 0.3) is 10.9 Å². The molecule has 2 aromatic heterocycles. The van der Waals surface area contributed by atoms with E-state index in [1.807, 2.05) is 55.9 Å². The summed E-state index contributed by atoms with van der Waals surface area (Å²) >= 11 is 0. The fraction of sp³-hybridized carbons (Fsp3) is 0.250. The Morgan fingerprint density at radius 1 is 1.24 bits per heavy atom. The van der Waals surface area contributed by atoms with Crippen molar-refractivity contribution >= 4 is 10.9 Å². The molecule has 0 amide bonds. The summed E-state index contributed by atoms with van der Waals surface area (Å²) in [4.78, 5) is 4.52. The van der Waals surface area contributed by atoms with Crippen molar-refractivity contribution in [3.63, 3.8) is 0 Å². The molecule has 0 aliphatic carbocycles. The highest BCUT2D eigenvalue weighted by molar-refractivity contribution is 5.85. The van der Waals surface area contributed by atoms with Crippen LogP contribution in [0.2, 0.25) is 0 Å². The molecule has 2 heterocycles. The van der Waals surface area contributed by atoms with Gasteiger partial charge in [0.05, 0.1) is 16.9 Å². The molecule has 0 fully saturated rings. The van der Waals surface area contributed by atoms with E-state index < -0.39 is 0 Å². The maximum absolute atomic E-state index is 6.14. The largest absolute Gasteiger partial charge is 0.453 e. The Hall–Kier alpha value is -2.40. The highest BCUT2D eigenvalue weighted by Gasteiger charge is 2.14. The van der Waals surface area contributed by atoms with Crippen LogP contribution in [0.4, 0.5) is 0 Å². The highest BCUT2D eigenvalue weighted by Crippen LogP contribution is 2.33. The molecule has 0 atom stereocenters. The smallest absolute Gasteiger partial charge is 0.171 e. The van der Waals surface area contributed by atoms with Gasteiger partial charge in [-0.1, -0.05) is 12.1 Å². The van der Waals surface area contributed by atoms with Crippen molar-refractivity contribution in [3.05, 3.63) is 47.4 Å². The van der Waals surface area contributed by atoms with Gasteiger partial charge in [-0.15, -0.1) is 0 Å². The van der Waals surface area contributed by atoms with Gasteiger partial charge in [0, 0.05) is 25.0 Å². The predicted molar refractivity (Wildman–Crippen MR) is 82.4 cm³/mol. The Bertz CT molecular complexity index is 807. The van der Waals surface area contributed by atoms with E-state index in [4.69, 9.17) is 10.5 Å². The molecular weight excluding hydrogens is 264 g/mol. The molecule has 0 aliphatic rings. The lowest BCUT2D eigenvalue weighted by Gasteiger charge is -2.11. The fourth-order valence-electron chi connectivity index (χ4n) is 2.40. The van der Waals surface area contributed by atoms with Crippen molar-refractivity contribution in [2.75, 3.05) is 0 Å². The maximum atomic E-state index is 6.14. The number of nitrogens with two attached hydrogens (primary N) is 1. The molecule has 108 valence electrons. The van der Waals surface area contributed by atoms with E-state index in [0.29, 0.717) is 6.54 Å². The zero-order valence-electron chi connectivity index (χ0n) is 12.4. The molecule has 0 saturated carbocycles. The van der Waals surface area contributed by atoms with Crippen LogP contribution in [0.5, 0.6) is 11.5 Å². The molecule has 1 aromatic carbocycles. The number of hydrogen-bond donors (Lipinski definition) is 1. The first-order valence-corrected chi connectivity index (χ1v) is 6.87. The van der Waals surface area contributed by atoms with Gasteiger partial charge >= 0.3 is 0 Å². The number of hydrogen-bond acceptors (Lipinski definition) is 4. The Morgan fingerprint density at radius 3 is 2.67 bits per heavy atom. The van der Waals surface area contributed by atoms with Crippen molar-refractivity contribution in [2.45, 2.75) is 20.4 Å². The molecule has 5 heteroatoms. The summed E-state index contributed by atoms with van der Waals surface area (Å²) in [5, 5.41) is 5.35. The number of para-hydroxylation sites is 1. The van der Waals surface area contributed by atoms with Crippen LogP contribution >= 0.6 is 0 Å². The lowest BCUT2D eigenvalue weighted by Crippen LogP contribution is -2.01. The Kier molecular flexibility index (Phi) is 3.35. The zero-order valence-corrected chi connectivity index (χ0v) is 12.4. The van der Waals surface area contributed by atoms with Crippen LogP contribution in [0, 0.1) is 13.8 Å². The van der Waals surface area contributed by atoms with Gasteiger partial charge in [0.25, 0.3) is 0 Å². The Labute approximate surface area is 123 Å². The molecule has 3 aromatic rings. The van der Waals surface area contributed by atoms with E-state index in [1.165, 1.54) is 0 Å². The van der Waals surface area contributed by atoms with Gasteiger partial charge in [-0.2, -0.15) is 5.10 Å². The van der Waals surface area contributed by atoms with Crippen LogP contribution in [0.3, 0.4) is 0 Å². The number of rotatable bonds is 3. The topological polar surface area (TPSA) is 66.0 Å². The number of nitrogens with zero attached hydrogens (tertiary/aromatic N) is 3. The van der Waals surface area contributed by atoms with Crippen molar-refractivity contribution in [2.24, 2.45) is 12.8 Å². The summed E-state index contributed by atoms with van der Waals surface area (Å²) in [7, 11) is 1.91. The Balaban J connectivity index is 2.15. The van der Waals surface area contributed by atoms with Crippen LogP contribution in [-0.4, -0.2) is 14.8 Å². The van der Waals surface area contributed by atoms with Crippen molar-refractivity contribution in [1.82, 2.24) is 14.8 Å². The standard InChI is InChI=1S/C16H18N4O/c1-10-16(11(2)20(3)19-10)21-15-8-12(9-17)18-14-7-5-4-6-13(14)15/h4-8H,9,17H2,1-3H3. The van der Waals surface area contributed by atoms with E-state index >= 15 is 0 Å². The van der Waals surface area contributed by atoms with Crippen LogP contribution in [0.1, 0.15) is 17.1 Å². The van der Waals surface area contributed by atoms with Gasteiger partial charge < -0.3 is 10.5 Å². The number of ether oxygens (including phenoxy) is 1. The number of benzene rings is 1. The summed E-state index contributed by atoms with van der Waals surface area (Å²) in [5.41, 5.74) is 9.28. The average molecular weight is 282 g/mol. The molecule has 0 aliphatic heterocycles. The lowest BCUT2D eigenvalue weighted by atomic mass is 10.2. The summed E-state index contributed by atoms with van der Waals surface area (Å²) < 4.78 is 7.95. The Morgan fingerprint density at radius 2 is 2.00 bits per heavy atom. The number of aromatic nitrogens is 3. The third-order valence-corrected chi connectivity index (χ3v) is 3.60. The van der Waals surface area contributed by atoms with Crippen LogP contribution in [0.15, 0.2) is 30.3 Å². The van der Waals surface area contributed by atoms with Gasteiger partial charge in [-0.25, -0.2) is 0 Å². The molecule has 2 N–H and O–H groups in total. The van der Waals surface area contributed by atoms with Gasteiger partial charge in [0.1, 0.15) is 11.4 Å².